The Morgan fingerprint density at radius 2 is 1.83 bits per heavy atom. The van der Waals surface area contributed by atoms with Crippen molar-refractivity contribution >= 4 is 36.0 Å². The first-order valence-corrected chi connectivity index (χ1v) is 8.57. The molecule has 0 fully saturated rings. The van der Waals surface area contributed by atoms with Gasteiger partial charge in [0.25, 0.3) is 0 Å². The van der Waals surface area contributed by atoms with Crippen LogP contribution in [0.25, 0.3) is 0 Å². The van der Waals surface area contributed by atoms with E-state index in [1.165, 1.54) is 0 Å². The molecule has 1 amide bonds. The lowest BCUT2D eigenvalue weighted by Crippen LogP contribution is -2.44. The van der Waals surface area contributed by atoms with Crippen LogP contribution in [0.5, 0.6) is 0 Å². The molecule has 0 rings (SSSR count). The van der Waals surface area contributed by atoms with Crippen LogP contribution < -0.4 is 10.6 Å². The van der Waals surface area contributed by atoms with Gasteiger partial charge < -0.3 is 20.3 Å². The molecule has 0 aromatic heterocycles. The highest BCUT2D eigenvalue weighted by molar-refractivity contribution is 14.0. The van der Waals surface area contributed by atoms with Gasteiger partial charge in [-0.15, -0.1) is 24.0 Å². The Kier molecular flexibility index (Phi) is 13.4. The number of amides is 1. The highest BCUT2D eigenvalue weighted by Gasteiger charge is 2.23. The molecule has 0 saturated carbocycles. The number of nitrogens with one attached hydrogen (secondary N) is 2. The van der Waals surface area contributed by atoms with Crippen LogP contribution in [0.3, 0.4) is 0 Å². The number of halogens is 1. The Bertz CT molecular complexity index is 381. The van der Waals surface area contributed by atoms with Crippen molar-refractivity contribution in [1.29, 1.82) is 0 Å². The van der Waals surface area contributed by atoms with Gasteiger partial charge in [0.2, 0.25) is 0 Å². The molecule has 1 unspecified atom stereocenters. The van der Waals surface area contributed by atoms with Gasteiger partial charge in [-0.25, -0.2) is 4.79 Å². The summed E-state index contributed by atoms with van der Waals surface area (Å²) >= 11 is 0. The molecule has 6 nitrogen and oxygen atoms in total. The van der Waals surface area contributed by atoms with E-state index in [1.807, 2.05) is 34.6 Å². The summed E-state index contributed by atoms with van der Waals surface area (Å²) in [7, 11) is 1.76. The van der Waals surface area contributed by atoms with E-state index < -0.39 is 5.60 Å². The minimum absolute atomic E-state index is 0. The summed E-state index contributed by atoms with van der Waals surface area (Å²) in [6.45, 7) is 15.3. The van der Waals surface area contributed by atoms with E-state index in [4.69, 9.17) is 4.74 Å². The molecule has 1 atom stereocenters. The van der Waals surface area contributed by atoms with Crippen LogP contribution in [0, 0.1) is 0 Å². The average molecular weight is 456 g/mol. The Hall–Kier alpha value is -0.730. The number of carbonyl (C=O) groups excluding carboxylic acids is 1. The van der Waals surface area contributed by atoms with E-state index in [0.717, 1.165) is 25.3 Å². The summed E-state index contributed by atoms with van der Waals surface area (Å²) in [5.41, 5.74) is -0.468. The van der Waals surface area contributed by atoms with Gasteiger partial charge in [-0.1, -0.05) is 6.92 Å². The van der Waals surface area contributed by atoms with Crippen molar-refractivity contribution in [2.75, 3.05) is 20.1 Å². The summed E-state index contributed by atoms with van der Waals surface area (Å²) < 4.78 is 5.46. The zero-order valence-corrected chi connectivity index (χ0v) is 18.9. The SMILES string of the molecule is CCC(C)NC(=NC)NCCCN(C(=O)OC(C)(C)C)C(C)C.I. The number of hydrogen-bond acceptors (Lipinski definition) is 3. The Balaban J connectivity index is 0. The zero-order chi connectivity index (χ0) is 18.0. The average Bonchev–Trinajstić information content (AvgIpc) is 2.42. The molecule has 2 N–H and O–H groups in total. The Morgan fingerprint density at radius 3 is 2.25 bits per heavy atom. The molecule has 144 valence electrons. The maximum Gasteiger partial charge on any atom is 0.410 e. The number of carbonyl (C=O) groups is 1. The molecule has 0 aliphatic carbocycles. The van der Waals surface area contributed by atoms with Crippen LogP contribution in [0.1, 0.15) is 61.3 Å². The summed E-state index contributed by atoms with van der Waals surface area (Å²) in [5.74, 6) is 0.799. The minimum Gasteiger partial charge on any atom is -0.444 e. The summed E-state index contributed by atoms with van der Waals surface area (Å²) in [6.07, 6.45) is 1.62. The van der Waals surface area contributed by atoms with E-state index >= 15 is 0 Å². The van der Waals surface area contributed by atoms with Crippen LogP contribution in [0.4, 0.5) is 4.79 Å². The van der Waals surface area contributed by atoms with Crippen LogP contribution in [-0.2, 0) is 4.74 Å². The highest BCUT2D eigenvalue weighted by atomic mass is 127. The van der Waals surface area contributed by atoms with Crippen molar-refractivity contribution in [2.45, 2.75) is 79.0 Å². The highest BCUT2D eigenvalue weighted by Crippen LogP contribution is 2.12. The third-order valence-electron chi connectivity index (χ3n) is 3.34. The quantitative estimate of drug-likeness (QED) is 0.266. The van der Waals surface area contributed by atoms with Crippen LogP contribution in [0.15, 0.2) is 4.99 Å². The lowest BCUT2D eigenvalue weighted by molar-refractivity contribution is 0.0190. The molecular weight excluding hydrogens is 419 g/mol. The largest absolute Gasteiger partial charge is 0.444 e. The van der Waals surface area contributed by atoms with Gasteiger partial charge in [0, 0.05) is 32.2 Å². The van der Waals surface area contributed by atoms with Gasteiger partial charge in [-0.2, -0.15) is 0 Å². The van der Waals surface area contributed by atoms with Crippen molar-refractivity contribution in [3.8, 4) is 0 Å². The van der Waals surface area contributed by atoms with E-state index in [-0.39, 0.29) is 36.1 Å². The van der Waals surface area contributed by atoms with Crippen molar-refractivity contribution in [1.82, 2.24) is 15.5 Å². The fourth-order valence-electron chi connectivity index (χ4n) is 1.87. The molecule has 0 bridgehead atoms. The number of aliphatic imine (C=N–C) groups is 1. The molecule has 0 aromatic carbocycles. The van der Waals surface area contributed by atoms with E-state index in [9.17, 15) is 4.79 Å². The second-order valence-corrected chi connectivity index (χ2v) is 7.07. The molecule has 0 spiro atoms. The van der Waals surface area contributed by atoms with E-state index in [1.54, 1.807) is 11.9 Å². The van der Waals surface area contributed by atoms with Crippen LogP contribution in [0.2, 0.25) is 0 Å². The molecular formula is C17H37IN4O2. The number of ether oxygens (including phenoxy) is 1. The van der Waals surface area contributed by atoms with Gasteiger partial charge in [-0.3, -0.25) is 4.99 Å². The van der Waals surface area contributed by atoms with Crippen molar-refractivity contribution in [3.63, 3.8) is 0 Å². The molecule has 24 heavy (non-hydrogen) atoms. The van der Waals surface area contributed by atoms with Crippen molar-refractivity contribution in [2.24, 2.45) is 4.99 Å². The lowest BCUT2D eigenvalue weighted by Gasteiger charge is -2.30. The van der Waals surface area contributed by atoms with E-state index in [0.29, 0.717) is 12.6 Å². The normalized spacial score (nSPS) is 13.1. The molecule has 7 heteroatoms. The number of nitrogens with zero attached hydrogens (tertiary/aromatic N) is 2. The second-order valence-electron chi connectivity index (χ2n) is 7.07. The van der Waals surface area contributed by atoms with Crippen molar-refractivity contribution in [3.05, 3.63) is 0 Å². The third kappa shape index (κ3) is 11.8. The predicted octanol–water partition coefficient (Wildman–Crippen LogP) is 3.60. The van der Waals surface area contributed by atoms with Crippen molar-refractivity contribution < 1.29 is 9.53 Å². The molecule has 0 saturated heterocycles. The smallest absolute Gasteiger partial charge is 0.410 e. The summed E-state index contributed by atoms with van der Waals surface area (Å²) in [5, 5.41) is 6.59. The van der Waals surface area contributed by atoms with E-state index in [2.05, 4.69) is 29.5 Å². The first-order valence-electron chi connectivity index (χ1n) is 8.57. The second kappa shape index (κ2) is 12.6. The third-order valence-corrected chi connectivity index (χ3v) is 3.34. The molecule has 0 aliphatic heterocycles. The minimum atomic E-state index is -0.468. The fourth-order valence-corrected chi connectivity index (χ4v) is 1.87. The Labute approximate surface area is 165 Å². The zero-order valence-electron chi connectivity index (χ0n) is 16.6. The Morgan fingerprint density at radius 1 is 1.25 bits per heavy atom. The first kappa shape index (κ1) is 25.5. The maximum atomic E-state index is 12.2. The van der Waals surface area contributed by atoms with Gasteiger partial charge in [0.1, 0.15) is 5.60 Å². The van der Waals surface area contributed by atoms with Crippen LogP contribution >= 0.6 is 24.0 Å². The fraction of sp³-hybridized carbons (Fsp3) is 0.882. The first-order chi connectivity index (χ1) is 10.6. The van der Waals surface area contributed by atoms with Gasteiger partial charge in [-0.05, 0) is 54.4 Å². The van der Waals surface area contributed by atoms with Gasteiger partial charge >= 0.3 is 6.09 Å². The number of rotatable bonds is 7. The maximum absolute atomic E-state index is 12.2. The lowest BCUT2D eigenvalue weighted by atomic mass is 10.2. The van der Waals surface area contributed by atoms with Gasteiger partial charge in [0.15, 0.2) is 5.96 Å². The monoisotopic (exact) mass is 456 g/mol. The summed E-state index contributed by atoms with van der Waals surface area (Å²) in [4.78, 5) is 18.2. The predicted molar refractivity (Wildman–Crippen MR) is 112 cm³/mol. The molecule has 0 radical (unpaired) electrons. The number of guanidine groups is 1. The molecule has 0 aromatic rings. The molecule has 0 heterocycles. The summed E-state index contributed by atoms with van der Waals surface area (Å²) in [6, 6.07) is 0.498. The molecule has 0 aliphatic rings. The standard InChI is InChI=1S/C17H36N4O2.HI/c1-9-14(4)20-15(18-8)19-11-10-12-21(13(2)3)16(22)23-17(5,6)7;/h13-14H,9-12H2,1-8H3,(H2,18,19,20);1H. The van der Waals surface area contributed by atoms with Crippen LogP contribution in [-0.4, -0.2) is 54.8 Å². The topological polar surface area (TPSA) is 66.0 Å². The number of hydrogen-bond donors (Lipinski definition) is 2. The van der Waals surface area contributed by atoms with Gasteiger partial charge in [0.05, 0.1) is 0 Å².